The van der Waals surface area contributed by atoms with E-state index in [2.05, 4.69) is 4.98 Å². The van der Waals surface area contributed by atoms with Crippen LogP contribution in [0.2, 0.25) is 5.02 Å². The molecular formula is C30H45ClF3N3O2. The van der Waals surface area contributed by atoms with E-state index in [1.54, 1.807) is 0 Å². The number of rotatable bonds is 3. The van der Waals surface area contributed by atoms with Crippen LogP contribution in [0.1, 0.15) is 102 Å². The van der Waals surface area contributed by atoms with E-state index in [9.17, 15) is 23.1 Å². The first-order valence-electron chi connectivity index (χ1n) is 15.1. The fourth-order valence-electron chi connectivity index (χ4n) is 6.91. The van der Waals surface area contributed by atoms with Gasteiger partial charge < -0.3 is 14.9 Å². The minimum absolute atomic E-state index is 0.00622. The Bertz CT molecular complexity index is 931. The minimum atomic E-state index is -4.48. The SMILES string of the molecule is O=C(CC1CCCN(c2ncc(C(F)(F)F)cc2Cl)C1)N1CCCCCCC2CCC(CC(O)CCCC1)C2. The van der Waals surface area contributed by atoms with Gasteiger partial charge in [0.2, 0.25) is 5.91 Å². The molecule has 2 bridgehead atoms. The van der Waals surface area contributed by atoms with Gasteiger partial charge in [0.15, 0.2) is 0 Å². The zero-order valence-corrected chi connectivity index (χ0v) is 23.9. The molecule has 2 aliphatic heterocycles. The van der Waals surface area contributed by atoms with Crippen LogP contribution >= 0.6 is 11.6 Å². The number of aromatic nitrogens is 1. The maximum Gasteiger partial charge on any atom is 0.417 e. The number of pyridine rings is 1. The Balaban J connectivity index is 1.31. The lowest BCUT2D eigenvalue weighted by atomic mass is 9.93. The van der Waals surface area contributed by atoms with Crippen LogP contribution in [0.3, 0.4) is 0 Å². The summed E-state index contributed by atoms with van der Waals surface area (Å²) in [6.45, 7) is 2.72. The summed E-state index contributed by atoms with van der Waals surface area (Å²) in [6, 6.07) is 0.935. The molecule has 1 aromatic heterocycles. The van der Waals surface area contributed by atoms with Crippen LogP contribution in [0, 0.1) is 17.8 Å². The highest BCUT2D eigenvalue weighted by Gasteiger charge is 2.33. The molecule has 0 aromatic carbocycles. The Morgan fingerprint density at radius 1 is 0.923 bits per heavy atom. The quantitative estimate of drug-likeness (QED) is 0.408. The average molecular weight is 572 g/mol. The van der Waals surface area contributed by atoms with Gasteiger partial charge in [-0.3, -0.25) is 4.79 Å². The molecular weight excluding hydrogens is 527 g/mol. The first kappa shape index (κ1) is 30.4. The van der Waals surface area contributed by atoms with Crippen molar-refractivity contribution in [2.75, 3.05) is 31.1 Å². The summed E-state index contributed by atoms with van der Waals surface area (Å²) >= 11 is 6.20. The largest absolute Gasteiger partial charge is 0.417 e. The van der Waals surface area contributed by atoms with Gasteiger partial charge in [0.05, 0.1) is 16.7 Å². The minimum Gasteiger partial charge on any atom is -0.393 e. The van der Waals surface area contributed by atoms with Crippen LogP contribution in [0.15, 0.2) is 12.3 Å². The van der Waals surface area contributed by atoms with Crippen molar-refractivity contribution in [2.45, 2.75) is 109 Å². The molecule has 2 saturated heterocycles. The highest BCUT2D eigenvalue weighted by atomic mass is 35.5. The third-order valence-corrected chi connectivity index (χ3v) is 9.32. The Kier molecular flexibility index (Phi) is 11.2. The smallest absolute Gasteiger partial charge is 0.393 e. The highest BCUT2D eigenvalue weighted by molar-refractivity contribution is 6.33. The Labute approximate surface area is 236 Å². The predicted octanol–water partition coefficient (Wildman–Crippen LogP) is 7.49. The van der Waals surface area contributed by atoms with E-state index in [-0.39, 0.29) is 23.0 Å². The van der Waals surface area contributed by atoms with Crippen molar-refractivity contribution >= 4 is 23.3 Å². The Morgan fingerprint density at radius 3 is 2.41 bits per heavy atom. The van der Waals surface area contributed by atoms with Gasteiger partial charge in [0.1, 0.15) is 5.82 Å². The molecule has 4 unspecified atom stereocenters. The van der Waals surface area contributed by atoms with Crippen molar-refractivity contribution < 1.29 is 23.1 Å². The molecule has 3 fully saturated rings. The molecule has 1 saturated carbocycles. The summed E-state index contributed by atoms with van der Waals surface area (Å²) in [5, 5.41) is 10.6. The second-order valence-corrected chi connectivity index (χ2v) is 12.6. The first-order chi connectivity index (χ1) is 18.7. The molecule has 1 amide bonds. The fourth-order valence-corrected chi connectivity index (χ4v) is 7.19. The van der Waals surface area contributed by atoms with E-state index in [0.717, 1.165) is 82.6 Å². The standard InChI is InChI=1S/C30H45ClF3N3O2/c31-27-19-25(30(32,33)34)20-35-29(27)37-15-7-9-24(21-37)18-28(39)36-13-5-2-1-3-8-22-11-12-23(16-22)17-26(38)10-4-6-14-36/h19-20,22-24,26,38H,1-18,21H2. The maximum absolute atomic E-state index is 13.4. The number of piperidine rings is 1. The number of hydrogen-bond acceptors (Lipinski definition) is 4. The molecule has 220 valence electrons. The number of alkyl halides is 3. The number of carbonyl (C=O) groups excluding carboxylic acids is 1. The van der Waals surface area contributed by atoms with Crippen molar-refractivity contribution in [1.82, 2.24) is 9.88 Å². The summed E-state index contributed by atoms with van der Waals surface area (Å²) in [6.07, 6.45) is 11.7. The van der Waals surface area contributed by atoms with E-state index in [0.29, 0.717) is 31.2 Å². The Morgan fingerprint density at radius 2 is 1.64 bits per heavy atom. The first-order valence-corrected chi connectivity index (χ1v) is 15.5. The van der Waals surface area contributed by atoms with E-state index in [1.165, 1.54) is 38.5 Å². The second-order valence-electron chi connectivity index (χ2n) is 12.2. The summed E-state index contributed by atoms with van der Waals surface area (Å²) < 4.78 is 39.1. The lowest BCUT2D eigenvalue weighted by molar-refractivity contribution is -0.138. The third kappa shape index (κ3) is 9.24. The van der Waals surface area contributed by atoms with Gasteiger partial charge in [-0.05, 0) is 75.2 Å². The van der Waals surface area contributed by atoms with Crippen molar-refractivity contribution in [2.24, 2.45) is 17.8 Å². The number of aliphatic hydroxyl groups excluding tert-OH is 1. The van der Waals surface area contributed by atoms with Gasteiger partial charge >= 0.3 is 6.18 Å². The summed E-state index contributed by atoms with van der Waals surface area (Å²) in [7, 11) is 0. The van der Waals surface area contributed by atoms with Crippen LogP contribution in [0.4, 0.5) is 19.0 Å². The lowest BCUT2D eigenvalue weighted by Gasteiger charge is -2.35. The number of nitrogens with zero attached hydrogens (tertiary/aromatic N) is 3. The van der Waals surface area contributed by atoms with Crippen LogP contribution in [0.5, 0.6) is 0 Å². The second kappa shape index (κ2) is 14.4. The molecule has 9 heteroatoms. The Hall–Kier alpha value is -1.54. The molecule has 4 atom stereocenters. The zero-order valence-electron chi connectivity index (χ0n) is 23.1. The molecule has 4 rings (SSSR count). The molecule has 3 heterocycles. The van der Waals surface area contributed by atoms with Crippen LogP contribution < -0.4 is 4.90 Å². The number of carbonyl (C=O) groups is 1. The predicted molar refractivity (Wildman–Crippen MR) is 149 cm³/mol. The van der Waals surface area contributed by atoms with Crippen LogP contribution in [-0.4, -0.2) is 53.2 Å². The molecule has 0 spiro atoms. The third-order valence-electron chi connectivity index (χ3n) is 9.04. The summed E-state index contributed by atoms with van der Waals surface area (Å²) in [4.78, 5) is 21.4. The molecule has 5 nitrogen and oxygen atoms in total. The van der Waals surface area contributed by atoms with Gasteiger partial charge in [0.25, 0.3) is 0 Å². The van der Waals surface area contributed by atoms with Gasteiger partial charge in [-0.25, -0.2) is 4.98 Å². The van der Waals surface area contributed by atoms with Crippen molar-refractivity contribution in [3.8, 4) is 0 Å². The van der Waals surface area contributed by atoms with Crippen LogP contribution in [0.25, 0.3) is 0 Å². The van der Waals surface area contributed by atoms with Gasteiger partial charge in [0, 0.05) is 38.8 Å². The molecule has 0 radical (unpaired) electrons. The molecule has 1 aliphatic carbocycles. The van der Waals surface area contributed by atoms with Crippen molar-refractivity contribution in [1.29, 1.82) is 0 Å². The summed E-state index contributed by atoms with van der Waals surface area (Å²) in [5.74, 6) is 2.14. The van der Waals surface area contributed by atoms with Crippen molar-refractivity contribution in [3.05, 3.63) is 22.8 Å². The monoisotopic (exact) mass is 571 g/mol. The van der Waals surface area contributed by atoms with E-state index >= 15 is 0 Å². The zero-order chi connectivity index (χ0) is 27.8. The normalized spacial score (nSPS) is 28.4. The summed E-state index contributed by atoms with van der Waals surface area (Å²) in [5.41, 5.74) is -0.854. The molecule has 1 aromatic rings. The van der Waals surface area contributed by atoms with Gasteiger partial charge in [-0.2, -0.15) is 13.2 Å². The maximum atomic E-state index is 13.4. The topological polar surface area (TPSA) is 56.7 Å². The van der Waals surface area contributed by atoms with E-state index in [1.807, 2.05) is 9.80 Å². The van der Waals surface area contributed by atoms with Gasteiger partial charge in [-0.1, -0.05) is 50.1 Å². The number of aliphatic hydroxyl groups is 1. The lowest BCUT2D eigenvalue weighted by Crippen LogP contribution is -2.40. The number of hydrogen-bond donors (Lipinski definition) is 1. The number of anilines is 1. The number of fused-ring (bicyclic) bond motifs is 2. The van der Waals surface area contributed by atoms with Crippen molar-refractivity contribution in [3.63, 3.8) is 0 Å². The van der Waals surface area contributed by atoms with E-state index in [4.69, 9.17) is 11.6 Å². The number of amides is 1. The highest BCUT2D eigenvalue weighted by Crippen LogP contribution is 2.38. The van der Waals surface area contributed by atoms with Crippen LogP contribution in [-0.2, 0) is 11.0 Å². The fraction of sp³-hybridized carbons (Fsp3) is 0.800. The van der Waals surface area contributed by atoms with Gasteiger partial charge in [-0.15, -0.1) is 0 Å². The average Bonchev–Trinajstić information content (AvgIpc) is 3.33. The van der Waals surface area contributed by atoms with E-state index < -0.39 is 11.7 Å². The molecule has 3 aliphatic rings. The molecule has 39 heavy (non-hydrogen) atoms. The number of halogens is 4. The molecule has 1 N–H and O–H groups in total.